The molecule has 0 aromatic heterocycles. The van der Waals surface area contributed by atoms with Gasteiger partial charge in [0.15, 0.2) is 0 Å². The highest BCUT2D eigenvalue weighted by molar-refractivity contribution is 6.35. The van der Waals surface area contributed by atoms with Crippen LogP contribution in [0.3, 0.4) is 0 Å². The smallest absolute Gasteiger partial charge is 0.207 e. The molecule has 0 aliphatic heterocycles. The lowest BCUT2D eigenvalue weighted by Gasteiger charge is -2.24. The average Bonchev–Trinajstić information content (AvgIpc) is 0.799. The van der Waals surface area contributed by atoms with E-state index in [4.69, 9.17) is 58.0 Å². The van der Waals surface area contributed by atoms with Gasteiger partial charge in [-0.15, -0.1) is 0 Å². The van der Waals surface area contributed by atoms with Gasteiger partial charge in [0.05, 0.1) is 11.1 Å². The second-order valence-corrected chi connectivity index (χ2v) is 38.4. The lowest BCUT2D eigenvalue weighted by Crippen LogP contribution is -2.19. The number of alkyl halides is 10. The standard InChI is InChI=1S/C11H12ClF3.2C11H13F3.C11H14F2.C11H16.C10H12Cl2.2C10H13Cl.C10H13F/c1-10(2,3)9-6-7(12)4-5-8(9)11(13,14)15;1-11(2,3)9-6-7(12)4-5-8(9)10(13)14;1-10(2,3)8-6-4-5-7-9(8)11(12,13)14;1-11(2,3)9-7-5-4-6-8(9)10(12)13;1-9-7-5-6-8-10(9)11(2,3)4;1-10(2,3)8-5-4-7(11)6-9(8)12;1-10(2,3)8-5-4-6-9(11)7-8;2*1-10(2,3)8-6-4-5-7-9(8)11/h4-6H,1-3H3;4-6,10H,1-3H3;4-7H,1-3H3;4-7,10H,1-3H3;5-8H,1-4H3;4-6H,1-3H3;3*4-7H,1-3H3. The Balaban J connectivity index is 0.000000631. The molecule has 0 amide bonds. The lowest BCUT2D eigenvalue weighted by molar-refractivity contribution is -0.139. The summed E-state index contributed by atoms with van der Waals surface area (Å²) in [7, 11) is 0. The Kier molecular flexibility index (Phi) is 39.8. The van der Waals surface area contributed by atoms with Gasteiger partial charge in [0.2, 0.25) is 0 Å². The monoisotopic (exact) mass is 1660 g/mol. The third-order valence-electron chi connectivity index (χ3n) is 16.9. The fourth-order valence-corrected chi connectivity index (χ4v) is 12.6. The van der Waals surface area contributed by atoms with Crippen molar-refractivity contribution in [3.8, 4) is 0 Å². The van der Waals surface area contributed by atoms with E-state index in [0.29, 0.717) is 21.2 Å². The van der Waals surface area contributed by atoms with Crippen LogP contribution in [-0.2, 0) is 61.1 Å². The maximum atomic E-state index is 13.1. The SMILES string of the molecule is CC(C)(C)c1cc(Cl)ccc1C(F)(F)F.CC(C)(C)c1cc(F)ccc1C(F)F.CC(C)(C)c1ccc(Cl)cc1Cl.CC(C)(C)c1cccc(Cl)c1.CC(C)(C)c1ccccc1C(F)(F)F.CC(C)(C)c1ccccc1C(F)F.CC(C)(C)c1ccccc1Cl.CC(C)(C)c1ccccc1F.Cc1ccccc1C(C)(C)C. The molecule has 9 aromatic carbocycles. The van der Waals surface area contributed by atoms with Gasteiger partial charge in [-0.1, -0.05) is 372 Å². The minimum atomic E-state index is -4.33. The molecule has 0 aliphatic rings. The molecular formula is C95H119Cl5F12. The van der Waals surface area contributed by atoms with E-state index >= 15 is 0 Å². The van der Waals surface area contributed by atoms with Crippen molar-refractivity contribution in [2.24, 2.45) is 0 Å². The molecule has 618 valence electrons. The van der Waals surface area contributed by atoms with Crippen LogP contribution in [0.2, 0.25) is 25.1 Å². The van der Waals surface area contributed by atoms with E-state index in [1.165, 1.54) is 64.7 Å². The Morgan fingerprint density at radius 2 is 0.571 bits per heavy atom. The predicted molar refractivity (Wildman–Crippen MR) is 456 cm³/mol. The quantitative estimate of drug-likeness (QED) is 0.151. The van der Waals surface area contributed by atoms with Crippen LogP contribution in [0.25, 0.3) is 0 Å². The first-order valence-electron chi connectivity index (χ1n) is 36.8. The van der Waals surface area contributed by atoms with Gasteiger partial charge in [0.25, 0.3) is 12.9 Å². The Bertz CT molecular complexity index is 4150. The summed E-state index contributed by atoms with van der Waals surface area (Å²) in [6.07, 6.45) is -13.5. The summed E-state index contributed by atoms with van der Waals surface area (Å²) in [5, 5.41) is 3.44. The lowest BCUT2D eigenvalue weighted by atomic mass is 9.83. The normalized spacial score (nSPS) is 12.1. The number of aryl methyl sites for hydroxylation is 1. The molecule has 0 aliphatic carbocycles. The summed E-state index contributed by atoms with van der Waals surface area (Å²) >= 11 is 29.4. The molecule has 0 saturated carbocycles. The molecule has 0 N–H and O–H groups in total. The Morgan fingerprint density at radius 3 is 0.902 bits per heavy atom. The summed E-state index contributed by atoms with van der Waals surface area (Å²) in [4.78, 5) is 0. The van der Waals surface area contributed by atoms with Crippen molar-refractivity contribution in [1.29, 1.82) is 0 Å². The third-order valence-corrected chi connectivity index (χ3v) is 18.3. The molecule has 0 fully saturated rings. The first kappa shape index (κ1) is 104. The Labute approximate surface area is 688 Å². The van der Waals surface area contributed by atoms with Crippen molar-refractivity contribution in [2.45, 2.75) is 268 Å². The fourth-order valence-electron chi connectivity index (χ4n) is 11.1. The molecule has 112 heavy (non-hydrogen) atoms. The maximum Gasteiger partial charge on any atom is 0.416 e. The van der Waals surface area contributed by atoms with Crippen molar-refractivity contribution < 1.29 is 52.7 Å². The first-order valence-corrected chi connectivity index (χ1v) is 38.7. The van der Waals surface area contributed by atoms with Crippen molar-refractivity contribution in [3.63, 3.8) is 0 Å². The van der Waals surface area contributed by atoms with E-state index < -0.39 is 58.4 Å². The van der Waals surface area contributed by atoms with E-state index in [1.54, 1.807) is 98.7 Å². The summed E-state index contributed by atoms with van der Waals surface area (Å²) in [5.41, 5.74) is 6.71. The van der Waals surface area contributed by atoms with Gasteiger partial charge < -0.3 is 0 Å². The molecule has 0 atom stereocenters. The second-order valence-electron chi connectivity index (χ2n) is 36.3. The second kappa shape index (κ2) is 43.0. The topological polar surface area (TPSA) is 0 Å². The van der Waals surface area contributed by atoms with Crippen LogP contribution in [0, 0.1) is 18.6 Å². The zero-order valence-corrected chi connectivity index (χ0v) is 74.4. The van der Waals surface area contributed by atoms with Gasteiger partial charge in [-0.2, -0.15) is 26.3 Å². The predicted octanol–water partition coefficient (Wildman–Crippen LogP) is 34.6. The highest BCUT2D eigenvalue weighted by atomic mass is 35.5. The van der Waals surface area contributed by atoms with Crippen LogP contribution in [-0.4, -0.2) is 0 Å². The molecule has 0 bridgehead atoms. The fraction of sp³-hybridized carbons (Fsp3) is 0.432. The molecule has 0 unspecified atom stereocenters. The molecule has 0 spiro atoms. The summed E-state index contributed by atoms with van der Waals surface area (Å²) in [5.74, 6) is -0.584. The Morgan fingerprint density at radius 1 is 0.241 bits per heavy atom. The van der Waals surface area contributed by atoms with Gasteiger partial charge in [-0.05, 0) is 184 Å². The molecule has 9 aromatic rings. The maximum absolute atomic E-state index is 13.1. The van der Waals surface area contributed by atoms with Crippen molar-refractivity contribution in [2.75, 3.05) is 0 Å². The van der Waals surface area contributed by atoms with Crippen LogP contribution < -0.4 is 0 Å². The number of hydrogen-bond donors (Lipinski definition) is 0. The largest absolute Gasteiger partial charge is 0.416 e. The highest BCUT2D eigenvalue weighted by Gasteiger charge is 2.38. The first-order chi connectivity index (χ1) is 50.6. The highest BCUT2D eigenvalue weighted by Crippen LogP contribution is 2.41. The van der Waals surface area contributed by atoms with Gasteiger partial charge in [-0.3, -0.25) is 0 Å². The van der Waals surface area contributed by atoms with Crippen LogP contribution in [0.5, 0.6) is 0 Å². The number of halogens is 17. The summed E-state index contributed by atoms with van der Waals surface area (Å²) < 4.78 is 152. The molecule has 9 rings (SSSR count). The number of rotatable bonds is 2. The van der Waals surface area contributed by atoms with Crippen LogP contribution in [0.4, 0.5) is 52.7 Å². The van der Waals surface area contributed by atoms with E-state index in [-0.39, 0.29) is 55.0 Å². The minimum absolute atomic E-state index is 0.0844. The Hall–Kier alpha value is -6.41. The van der Waals surface area contributed by atoms with Crippen LogP contribution in [0.1, 0.15) is 278 Å². The van der Waals surface area contributed by atoms with Crippen molar-refractivity contribution >= 4 is 58.0 Å². The van der Waals surface area contributed by atoms with Crippen molar-refractivity contribution in [3.05, 3.63) is 315 Å². The minimum Gasteiger partial charge on any atom is -0.207 e. The van der Waals surface area contributed by atoms with Gasteiger partial charge in [0.1, 0.15) is 11.6 Å². The van der Waals surface area contributed by atoms with Crippen LogP contribution in [0.15, 0.2) is 200 Å². The molecule has 0 saturated heterocycles. The molecule has 0 radical (unpaired) electrons. The third kappa shape index (κ3) is 37.0. The molecular weight excluding hydrogens is 1550 g/mol. The van der Waals surface area contributed by atoms with Gasteiger partial charge in [-0.25, -0.2) is 26.3 Å². The van der Waals surface area contributed by atoms with E-state index in [0.717, 1.165) is 56.0 Å². The molecule has 0 heterocycles. The van der Waals surface area contributed by atoms with Crippen molar-refractivity contribution in [1.82, 2.24) is 0 Å². The summed E-state index contributed by atoms with van der Waals surface area (Å²) in [6, 6.07) is 56.6. The molecule has 17 heteroatoms. The van der Waals surface area contributed by atoms with E-state index in [1.807, 2.05) is 102 Å². The molecule has 0 nitrogen and oxygen atoms in total. The zero-order chi connectivity index (χ0) is 87.1. The van der Waals surface area contributed by atoms with Gasteiger partial charge >= 0.3 is 12.4 Å². The number of hydrogen-bond acceptors (Lipinski definition) is 0. The van der Waals surface area contributed by atoms with E-state index in [9.17, 15) is 52.7 Å². The van der Waals surface area contributed by atoms with Gasteiger partial charge in [0, 0.05) is 36.2 Å². The van der Waals surface area contributed by atoms with E-state index in [2.05, 4.69) is 126 Å². The zero-order valence-electron chi connectivity index (χ0n) is 70.6. The average molecular weight is 1670 g/mol. The van der Waals surface area contributed by atoms with Crippen LogP contribution >= 0.6 is 58.0 Å². The summed E-state index contributed by atoms with van der Waals surface area (Å²) in [6.45, 7) is 56.0. The number of benzene rings is 9.